The molecule has 0 N–H and O–H groups in total. The maximum absolute atomic E-state index is 12.8. The second-order valence-corrected chi connectivity index (χ2v) is 7.14. The van der Waals surface area contributed by atoms with E-state index in [0.717, 1.165) is 31.9 Å². The fraction of sp³-hybridized carbons (Fsp3) is 0.556. The summed E-state index contributed by atoms with van der Waals surface area (Å²) in [6.45, 7) is 4.93. The molecule has 0 radical (unpaired) electrons. The van der Waals surface area contributed by atoms with Crippen LogP contribution < -0.4 is 0 Å². The standard InChI is InChI=1S/C18H25N5O2/c1-20-5-3-4-16(20)18(24)23-12-15-11-22(6-7-25-17(15)13-23)10-14-8-19-21(2)9-14/h3-5,8-9,15,17H,6-7,10-13H2,1-2H3/t15-,17+/m1/s1. The van der Waals surface area contributed by atoms with E-state index in [4.69, 9.17) is 4.74 Å². The molecule has 7 heteroatoms. The van der Waals surface area contributed by atoms with E-state index in [1.54, 1.807) is 0 Å². The lowest BCUT2D eigenvalue weighted by Crippen LogP contribution is -2.34. The molecule has 2 aromatic rings. The molecule has 0 aliphatic carbocycles. The van der Waals surface area contributed by atoms with E-state index in [2.05, 4.69) is 16.2 Å². The number of ether oxygens (including phenoxy) is 1. The van der Waals surface area contributed by atoms with Crippen LogP contribution in [0.2, 0.25) is 0 Å². The number of likely N-dealkylation sites (tertiary alicyclic amines) is 1. The van der Waals surface area contributed by atoms with Crippen molar-refractivity contribution in [2.45, 2.75) is 12.6 Å². The van der Waals surface area contributed by atoms with Gasteiger partial charge >= 0.3 is 0 Å². The highest BCUT2D eigenvalue weighted by Gasteiger charge is 2.39. The predicted octanol–water partition coefficient (Wildman–Crippen LogP) is 0.732. The monoisotopic (exact) mass is 343 g/mol. The highest BCUT2D eigenvalue weighted by atomic mass is 16.5. The van der Waals surface area contributed by atoms with Gasteiger partial charge in [0.25, 0.3) is 5.91 Å². The number of carbonyl (C=O) groups is 1. The van der Waals surface area contributed by atoms with Gasteiger partial charge in [-0.15, -0.1) is 0 Å². The van der Waals surface area contributed by atoms with Gasteiger partial charge in [0.15, 0.2) is 0 Å². The number of nitrogens with zero attached hydrogens (tertiary/aromatic N) is 5. The van der Waals surface area contributed by atoms with Gasteiger partial charge in [0.2, 0.25) is 0 Å². The molecule has 2 aliphatic rings. The van der Waals surface area contributed by atoms with Crippen molar-refractivity contribution in [3.05, 3.63) is 42.0 Å². The van der Waals surface area contributed by atoms with E-state index in [9.17, 15) is 4.79 Å². The molecule has 0 saturated carbocycles. The Balaban J connectivity index is 1.42. The van der Waals surface area contributed by atoms with E-state index in [0.29, 0.717) is 19.1 Å². The maximum Gasteiger partial charge on any atom is 0.270 e. The van der Waals surface area contributed by atoms with Crippen LogP contribution in [0.5, 0.6) is 0 Å². The van der Waals surface area contributed by atoms with Gasteiger partial charge in [-0.05, 0) is 12.1 Å². The number of hydrogen-bond acceptors (Lipinski definition) is 4. The quantitative estimate of drug-likeness (QED) is 0.825. The second kappa shape index (κ2) is 6.65. The van der Waals surface area contributed by atoms with Crippen molar-refractivity contribution < 1.29 is 9.53 Å². The Bertz CT molecular complexity index is 752. The third-order valence-corrected chi connectivity index (χ3v) is 5.23. The molecule has 2 saturated heterocycles. The van der Waals surface area contributed by atoms with Crippen LogP contribution in [0.3, 0.4) is 0 Å². The van der Waals surface area contributed by atoms with E-state index < -0.39 is 0 Å². The molecule has 134 valence electrons. The number of hydrogen-bond donors (Lipinski definition) is 0. The lowest BCUT2D eigenvalue weighted by Gasteiger charge is -2.23. The average Bonchev–Trinajstić information content (AvgIpc) is 3.26. The molecular formula is C18H25N5O2. The summed E-state index contributed by atoms with van der Waals surface area (Å²) in [4.78, 5) is 17.1. The third kappa shape index (κ3) is 3.34. The second-order valence-electron chi connectivity index (χ2n) is 7.14. The minimum absolute atomic E-state index is 0.1000. The van der Waals surface area contributed by atoms with Gasteiger partial charge in [-0.1, -0.05) is 0 Å². The largest absolute Gasteiger partial charge is 0.375 e. The molecule has 0 spiro atoms. The lowest BCUT2D eigenvalue weighted by atomic mass is 10.1. The summed E-state index contributed by atoms with van der Waals surface area (Å²) in [5, 5.41) is 4.25. The van der Waals surface area contributed by atoms with Crippen LogP contribution in [0.25, 0.3) is 0 Å². The van der Waals surface area contributed by atoms with Crippen molar-refractivity contribution in [3.63, 3.8) is 0 Å². The number of rotatable bonds is 3. The van der Waals surface area contributed by atoms with E-state index >= 15 is 0 Å². The van der Waals surface area contributed by atoms with Crippen LogP contribution in [0.4, 0.5) is 0 Å². The zero-order valence-electron chi connectivity index (χ0n) is 14.8. The lowest BCUT2D eigenvalue weighted by molar-refractivity contribution is 0.0481. The highest BCUT2D eigenvalue weighted by Crippen LogP contribution is 2.25. The van der Waals surface area contributed by atoms with Crippen molar-refractivity contribution >= 4 is 5.91 Å². The Morgan fingerprint density at radius 2 is 2.20 bits per heavy atom. The van der Waals surface area contributed by atoms with Gasteiger partial charge in [0, 0.05) is 70.7 Å². The van der Waals surface area contributed by atoms with Gasteiger partial charge in [-0.2, -0.15) is 5.10 Å². The van der Waals surface area contributed by atoms with Gasteiger partial charge < -0.3 is 14.2 Å². The number of aryl methyl sites for hydroxylation is 2. The Hall–Kier alpha value is -2.12. The summed E-state index contributed by atoms with van der Waals surface area (Å²) in [7, 11) is 3.85. The first-order valence-corrected chi connectivity index (χ1v) is 8.82. The van der Waals surface area contributed by atoms with Crippen LogP contribution in [0.15, 0.2) is 30.7 Å². The SMILES string of the molecule is Cn1cc(CN2CCO[C@H]3CN(C(=O)c4cccn4C)C[C@H]3C2)cn1. The maximum atomic E-state index is 12.8. The fourth-order valence-electron chi connectivity index (χ4n) is 3.93. The van der Waals surface area contributed by atoms with Gasteiger partial charge in [-0.3, -0.25) is 14.4 Å². The normalized spacial score (nSPS) is 24.3. The van der Waals surface area contributed by atoms with E-state index in [1.807, 2.05) is 52.8 Å². The van der Waals surface area contributed by atoms with Crippen LogP contribution in [0, 0.1) is 5.92 Å². The molecule has 2 aliphatic heterocycles. The Kier molecular flexibility index (Phi) is 4.35. The molecule has 4 rings (SSSR count). The summed E-state index contributed by atoms with van der Waals surface area (Å²) < 4.78 is 9.78. The molecule has 4 heterocycles. The Morgan fingerprint density at radius 3 is 2.92 bits per heavy atom. The number of fused-ring (bicyclic) bond motifs is 1. The molecule has 2 atom stereocenters. The molecule has 0 aromatic carbocycles. The van der Waals surface area contributed by atoms with Gasteiger partial charge in [0.1, 0.15) is 5.69 Å². The molecule has 7 nitrogen and oxygen atoms in total. The van der Waals surface area contributed by atoms with Crippen LogP contribution in [0.1, 0.15) is 16.1 Å². The van der Waals surface area contributed by atoms with Crippen molar-refractivity contribution in [1.29, 1.82) is 0 Å². The van der Waals surface area contributed by atoms with Gasteiger partial charge in [-0.25, -0.2) is 0 Å². The van der Waals surface area contributed by atoms with Crippen molar-refractivity contribution in [2.24, 2.45) is 20.0 Å². The molecular weight excluding hydrogens is 318 g/mol. The first-order chi connectivity index (χ1) is 12.1. The van der Waals surface area contributed by atoms with Crippen LogP contribution in [-0.2, 0) is 25.4 Å². The molecule has 2 aromatic heterocycles. The predicted molar refractivity (Wildman–Crippen MR) is 93.0 cm³/mol. The molecule has 2 fully saturated rings. The van der Waals surface area contributed by atoms with Crippen molar-refractivity contribution in [3.8, 4) is 0 Å². The smallest absolute Gasteiger partial charge is 0.270 e. The third-order valence-electron chi connectivity index (χ3n) is 5.23. The van der Waals surface area contributed by atoms with Crippen LogP contribution >= 0.6 is 0 Å². The topological polar surface area (TPSA) is 55.5 Å². The van der Waals surface area contributed by atoms with Crippen molar-refractivity contribution in [1.82, 2.24) is 24.1 Å². The minimum atomic E-state index is 0.1000. The number of aromatic nitrogens is 3. The summed E-state index contributed by atoms with van der Waals surface area (Å²) in [6, 6.07) is 3.79. The zero-order valence-corrected chi connectivity index (χ0v) is 14.8. The van der Waals surface area contributed by atoms with E-state index in [1.165, 1.54) is 5.56 Å². The molecule has 25 heavy (non-hydrogen) atoms. The highest BCUT2D eigenvalue weighted by molar-refractivity contribution is 5.93. The summed E-state index contributed by atoms with van der Waals surface area (Å²) in [5.41, 5.74) is 1.96. The zero-order chi connectivity index (χ0) is 17.4. The summed E-state index contributed by atoms with van der Waals surface area (Å²) >= 11 is 0. The van der Waals surface area contributed by atoms with Gasteiger partial charge in [0.05, 0.1) is 18.9 Å². The first-order valence-electron chi connectivity index (χ1n) is 8.82. The van der Waals surface area contributed by atoms with Crippen LogP contribution in [-0.4, -0.2) is 68.9 Å². The Morgan fingerprint density at radius 1 is 1.32 bits per heavy atom. The molecule has 0 unspecified atom stereocenters. The molecule has 1 amide bonds. The van der Waals surface area contributed by atoms with E-state index in [-0.39, 0.29) is 12.0 Å². The number of carbonyl (C=O) groups excluding carboxylic acids is 1. The molecule has 0 bridgehead atoms. The minimum Gasteiger partial charge on any atom is -0.375 e. The number of amides is 1. The fourth-order valence-corrected chi connectivity index (χ4v) is 3.93. The first kappa shape index (κ1) is 16.4. The van der Waals surface area contributed by atoms with Crippen molar-refractivity contribution in [2.75, 3.05) is 32.8 Å². The summed E-state index contributed by atoms with van der Waals surface area (Å²) in [5.74, 6) is 0.464. The Labute approximate surface area is 147 Å². The average molecular weight is 343 g/mol. The summed E-state index contributed by atoms with van der Waals surface area (Å²) in [6.07, 6.45) is 6.03.